The molecule has 0 aliphatic rings. The van der Waals surface area contributed by atoms with Crippen molar-refractivity contribution in [2.45, 2.75) is 6.61 Å². The molecular weight excluding hydrogens is 486 g/mol. The van der Waals surface area contributed by atoms with Crippen LogP contribution in [0, 0.1) is 0 Å². The Hall–Kier alpha value is -4.75. The van der Waals surface area contributed by atoms with Crippen molar-refractivity contribution in [3.05, 3.63) is 124 Å². The summed E-state index contributed by atoms with van der Waals surface area (Å²) >= 11 is 1.35. The fourth-order valence-electron chi connectivity index (χ4n) is 3.72. The van der Waals surface area contributed by atoms with Gasteiger partial charge in [-0.15, -0.1) is 11.3 Å². The van der Waals surface area contributed by atoms with Gasteiger partial charge in [-0.05, 0) is 52.9 Å². The Labute approximate surface area is 217 Å². The van der Waals surface area contributed by atoms with Crippen LogP contribution in [-0.2, 0) is 11.4 Å². The molecule has 5 aromatic rings. The summed E-state index contributed by atoms with van der Waals surface area (Å²) in [6, 6.07) is 25.9. The number of thiophene rings is 1. The number of carboxylic acid groups (broad SMARTS) is 1. The van der Waals surface area contributed by atoms with Gasteiger partial charge in [0.1, 0.15) is 23.9 Å². The summed E-state index contributed by atoms with van der Waals surface area (Å²) in [5.74, 6) is 0.357. The van der Waals surface area contributed by atoms with E-state index in [1.807, 2.05) is 60.0 Å². The Morgan fingerprint density at radius 1 is 0.919 bits per heavy atom. The number of pyridine rings is 1. The molecule has 0 spiro atoms. The van der Waals surface area contributed by atoms with E-state index in [0.717, 1.165) is 11.6 Å². The van der Waals surface area contributed by atoms with Gasteiger partial charge in [0.2, 0.25) is 5.78 Å². The van der Waals surface area contributed by atoms with Crippen LogP contribution in [0.1, 0.15) is 26.4 Å². The molecule has 0 fully saturated rings. The number of nitrogens with zero attached hydrogens (tertiary/aromatic N) is 1. The van der Waals surface area contributed by atoms with E-state index < -0.39 is 5.97 Å². The molecule has 1 N–H and O–H groups in total. The van der Waals surface area contributed by atoms with Crippen LogP contribution in [-0.4, -0.2) is 21.8 Å². The Bertz CT molecular complexity index is 1580. The van der Waals surface area contributed by atoms with Gasteiger partial charge in [-0.3, -0.25) is 9.78 Å². The number of hydrogen-bond acceptors (Lipinski definition) is 6. The second-order valence-electron chi connectivity index (χ2n) is 8.10. The lowest BCUT2D eigenvalue weighted by Crippen LogP contribution is -2.04. The smallest absolute Gasteiger partial charge is 0.328 e. The van der Waals surface area contributed by atoms with Crippen LogP contribution in [0.5, 0.6) is 17.2 Å². The molecule has 0 atom stereocenters. The normalized spacial score (nSPS) is 11.0. The van der Waals surface area contributed by atoms with Crippen LogP contribution < -0.4 is 9.47 Å². The van der Waals surface area contributed by atoms with E-state index >= 15 is 0 Å². The van der Waals surface area contributed by atoms with E-state index in [1.54, 1.807) is 30.3 Å². The molecule has 0 bridgehead atoms. The van der Waals surface area contributed by atoms with Crippen LogP contribution in [0.4, 0.5) is 0 Å². The van der Waals surface area contributed by atoms with Gasteiger partial charge in [-0.1, -0.05) is 48.5 Å². The maximum Gasteiger partial charge on any atom is 0.328 e. The molecule has 0 radical (unpaired) electrons. The summed E-state index contributed by atoms with van der Waals surface area (Å²) in [5, 5.41) is 11.4. The number of fused-ring (bicyclic) bond motifs is 1. The van der Waals surface area contributed by atoms with Crippen molar-refractivity contribution in [3.63, 3.8) is 0 Å². The summed E-state index contributed by atoms with van der Waals surface area (Å²) in [6.07, 6.45) is 4.10. The molecule has 0 saturated carbocycles. The third-order valence-corrected chi connectivity index (χ3v) is 6.42. The average molecular weight is 508 g/mol. The first kappa shape index (κ1) is 24.0. The zero-order valence-electron chi connectivity index (χ0n) is 19.5. The molecule has 2 aromatic heterocycles. The number of carboxylic acids is 1. The van der Waals surface area contributed by atoms with Crippen LogP contribution in [0.25, 0.3) is 17.0 Å². The van der Waals surface area contributed by atoms with Crippen molar-refractivity contribution < 1.29 is 24.2 Å². The lowest BCUT2D eigenvalue weighted by atomic mass is 10.1. The monoisotopic (exact) mass is 507 g/mol. The molecule has 0 amide bonds. The minimum Gasteiger partial charge on any atom is -0.489 e. The fourth-order valence-corrected chi connectivity index (χ4v) is 4.40. The summed E-state index contributed by atoms with van der Waals surface area (Å²) in [5.41, 5.74) is 2.75. The van der Waals surface area contributed by atoms with Crippen molar-refractivity contribution in [1.29, 1.82) is 0 Å². The van der Waals surface area contributed by atoms with E-state index in [9.17, 15) is 9.59 Å². The fraction of sp³-hybridized carbons (Fsp3) is 0.0333. The summed E-state index contributed by atoms with van der Waals surface area (Å²) in [7, 11) is 0. The highest BCUT2D eigenvalue weighted by molar-refractivity contribution is 7.12. The first-order valence-electron chi connectivity index (χ1n) is 11.4. The standard InChI is InChI=1S/C30H21NO5S/c32-28(33)15-10-20-8-11-22(12-9-20)36-30-24-14-13-23(35-19-21-5-2-1-3-6-21)17-26(24)31-18-25(30)29(34)27-7-4-16-37-27/h1-18H,19H2,(H,32,33)/b15-10+. The number of aromatic nitrogens is 1. The van der Waals surface area contributed by atoms with Crippen molar-refractivity contribution >= 4 is 40.1 Å². The number of hydrogen-bond donors (Lipinski definition) is 1. The van der Waals surface area contributed by atoms with Crippen LogP contribution >= 0.6 is 11.3 Å². The molecule has 0 unspecified atom stereocenters. The van der Waals surface area contributed by atoms with Crippen molar-refractivity contribution in [3.8, 4) is 17.2 Å². The van der Waals surface area contributed by atoms with Crippen molar-refractivity contribution in [1.82, 2.24) is 4.98 Å². The Morgan fingerprint density at radius 3 is 2.43 bits per heavy atom. The molecule has 37 heavy (non-hydrogen) atoms. The SMILES string of the molecule is O=C(O)/C=C/c1ccc(Oc2c(C(=O)c3cccs3)cnc3cc(OCc4ccccc4)ccc23)cc1. The second-order valence-corrected chi connectivity index (χ2v) is 9.05. The molecule has 0 saturated heterocycles. The van der Waals surface area contributed by atoms with Crippen LogP contribution in [0.3, 0.4) is 0 Å². The van der Waals surface area contributed by atoms with Gasteiger partial charge >= 0.3 is 5.97 Å². The maximum absolute atomic E-state index is 13.3. The highest BCUT2D eigenvalue weighted by Crippen LogP contribution is 2.36. The third kappa shape index (κ3) is 5.74. The minimum atomic E-state index is -1.02. The Balaban J connectivity index is 1.49. The molecule has 6 nitrogen and oxygen atoms in total. The van der Waals surface area contributed by atoms with E-state index in [0.29, 0.717) is 50.8 Å². The van der Waals surface area contributed by atoms with Crippen LogP contribution in [0.2, 0.25) is 0 Å². The van der Waals surface area contributed by atoms with Gasteiger partial charge < -0.3 is 14.6 Å². The lowest BCUT2D eigenvalue weighted by molar-refractivity contribution is -0.131. The minimum absolute atomic E-state index is 0.176. The van der Waals surface area contributed by atoms with Crippen molar-refractivity contribution in [2.24, 2.45) is 0 Å². The highest BCUT2D eigenvalue weighted by atomic mass is 32.1. The molecule has 2 heterocycles. The summed E-state index contributed by atoms with van der Waals surface area (Å²) in [6.45, 7) is 0.424. The first-order valence-corrected chi connectivity index (χ1v) is 12.3. The highest BCUT2D eigenvalue weighted by Gasteiger charge is 2.20. The number of rotatable bonds is 9. The lowest BCUT2D eigenvalue weighted by Gasteiger charge is -2.14. The van der Waals surface area contributed by atoms with Crippen LogP contribution in [0.15, 0.2) is 103 Å². The molecule has 3 aromatic carbocycles. The predicted octanol–water partition coefficient (Wildman–Crippen LogP) is 7.00. The number of ether oxygens (including phenoxy) is 2. The van der Waals surface area contributed by atoms with Gasteiger partial charge in [-0.25, -0.2) is 4.79 Å². The van der Waals surface area contributed by atoms with E-state index in [-0.39, 0.29) is 5.78 Å². The van der Waals surface area contributed by atoms with Gasteiger partial charge in [-0.2, -0.15) is 0 Å². The number of carbonyl (C=O) groups excluding carboxylic acids is 1. The molecule has 7 heteroatoms. The van der Waals surface area contributed by atoms with E-state index in [1.165, 1.54) is 23.6 Å². The second kappa shape index (κ2) is 10.9. The zero-order chi connectivity index (χ0) is 25.6. The van der Waals surface area contributed by atoms with Crippen molar-refractivity contribution in [2.75, 3.05) is 0 Å². The molecule has 0 aliphatic heterocycles. The first-order chi connectivity index (χ1) is 18.1. The van der Waals surface area contributed by atoms with Gasteiger partial charge in [0, 0.05) is 23.7 Å². The molecule has 5 rings (SSSR count). The molecular formula is C30H21NO5S. The number of aliphatic carboxylic acids is 1. The third-order valence-electron chi connectivity index (χ3n) is 5.55. The van der Waals surface area contributed by atoms with Gasteiger partial charge in [0.25, 0.3) is 0 Å². The maximum atomic E-state index is 13.3. The number of benzene rings is 3. The average Bonchev–Trinajstić information content (AvgIpc) is 3.47. The quantitative estimate of drug-likeness (QED) is 0.171. The van der Waals surface area contributed by atoms with E-state index in [4.69, 9.17) is 14.6 Å². The largest absolute Gasteiger partial charge is 0.489 e. The Morgan fingerprint density at radius 2 is 1.70 bits per heavy atom. The Kier molecular flexibility index (Phi) is 7.05. The summed E-state index contributed by atoms with van der Waals surface area (Å²) < 4.78 is 12.2. The summed E-state index contributed by atoms with van der Waals surface area (Å²) in [4.78, 5) is 29.2. The number of ketones is 1. The molecule has 182 valence electrons. The topological polar surface area (TPSA) is 85.7 Å². The number of carbonyl (C=O) groups is 2. The zero-order valence-corrected chi connectivity index (χ0v) is 20.4. The predicted molar refractivity (Wildman–Crippen MR) is 143 cm³/mol. The van der Waals surface area contributed by atoms with Gasteiger partial charge in [0.05, 0.1) is 16.0 Å². The van der Waals surface area contributed by atoms with Gasteiger partial charge in [0.15, 0.2) is 0 Å². The van der Waals surface area contributed by atoms with E-state index in [2.05, 4.69) is 4.98 Å². The molecule has 0 aliphatic carbocycles.